The van der Waals surface area contributed by atoms with Crippen molar-refractivity contribution in [2.45, 2.75) is 43.5 Å². The molecule has 1 saturated heterocycles. The first-order chi connectivity index (χ1) is 14.5. The highest BCUT2D eigenvalue weighted by Crippen LogP contribution is 2.34. The summed E-state index contributed by atoms with van der Waals surface area (Å²) in [6.45, 7) is -0.547. The molecule has 0 amide bonds. The second kappa shape index (κ2) is 8.71. The minimum Gasteiger partial charge on any atom is -0.464 e. The van der Waals surface area contributed by atoms with Crippen LogP contribution in [0.3, 0.4) is 0 Å². The predicted molar refractivity (Wildman–Crippen MR) is 104 cm³/mol. The standard InChI is InChI=1S/C22H23FO7/c23-14-5-2-1-4-12(14)8-9-13-11-28-15-6-3-7-16(18(13)15)29-22-21(27)20(26)19(25)17(10-24)30-22/h1-7,11,17,19-22,24-27H,8-10H2/t17-,19-,20+,21-,22-/m1/s1. The van der Waals surface area contributed by atoms with Gasteiger partial charge in [0.15, 0.2) is 0 Å². The Morgan fingerprint density at radius 1 is 0.900 bits per heavy atom. The van der Waals surface area contributed by atoms with Gasteiger partial charge in [-0.25, -0.2) is 4.39 Å². The van der Waals surface area contributed by atoms with Gasteiger partial charge in [-0.3, -0.25) is 0 Å². The van der Waals surface area contributed by atoms with Crippen LogP contribution in [0.4, 0.5) is 4.39 Å². The van der Waals surface area contributed by atoms with Gasteiger partial charge in [0.1, 0.15) is 41.6 Å². The van der Waals surface area contributed by atoms with Crippen LogP contribution < -0.4 is 4.74 Å². The number of ether oxygens (including phenoxy) is 2. The van der Waals surface area contributed by atoms with Gasteiger partial charge < -0.3 is 34.3 Å². The molecule has 0 unspecified atom stereocenters. The van der Waals surface area contributed by atoms with Crippen LogP contribution in [-0.2, 0) is 17.6 Å². The molecule has 7 nitrogen and oxygen atoms in total. The Morgan fingerprint density at radius 2 is 1.67 bits per heavy atom. The monoisotopic (exact) mass is 418 g/mol. The van der Waals surface area contributed by atoms with E-state index < -0.39 is 37.3 Å². The Hall–Kier alpha value is -2.49. The second-order valence-electron chi connectivity index (χ2n) is 7.30. The maximum atomic E-state index is 13.9. The van der Waals surface area contributed by atoms with Crippen molar-refractivity contribution in [3.63, 3.8) is 0 Å². The van der Waals surface area contributed by atoms with Gasteiger partial charge in [-0.1, -0.05) is 24.3 Å². The van der Waals surface area contributed by atoms with Crippen LogP contribution in [-0.4, -0.2) is 57.7 Å². The van der Waals surface area contributed by atoms with Gasteiger partial charge in [-0.2, -0.15) is 0 Å². The molecule has 3 aromatic rings. The molecule has 0 radical (unpaired) electrons. The van der Waals surface area contributed by atoms with Gasteiger partial charge in [-0.15, -0.1) is 0 Å². The summed E-state index contributed by atoms with van der Waals surface area (Å²) in [6.07, 6.45) is -4.38. The quantitative estimate of drug-likeness (QED) is 0.480. The van der Waals surface area contributed by atoms with Gasteiger partial charge in [0, 0.05) is 5.56 Å². The molecule has 4 rings (SSSR count). The highest BCUT2D eigenvalue weighted by molar-refractivity contribution is 5.87. The van der Waals surface area contributed by atoms with Crippen molar-refractivity contribution >= 4 is 11.0 Å². The molecule has 1 fully saturated rings. The van der Waals surface area contributed by atoms with E-state index in [1.54, 1.807) is 42.7 Å². The first-order valence-corrected chi connectivity index (χ1v) is 9.69. The zero-order valence-electron chi connectivity index (χ0n) is 16.0. The van der Waals surface area contributed by atoms with Crippen LogP contribution in [0.15, 0.2) is 53.1 Å². The van der Waals surface area contributed by atoms with Crippen molar-refractivity contribution in [3.8, 4) is 5.75 Å². The zero-order chi connectivity index (χ0) is 21.3. The molecule has 0 aliphatic carbocycles. The number of aliphatic hydroxyl groups excluding tert-OH is 4. The summed E-state index contributed by atoms with van der Waals surface area (Å²) < 4.78 is 30.8. The summed E-state index contributed by atoms with van der Waals surface area (Å²) >= 11 is 0. The first-order valence-electron chi connectivity index (χ1n) is 9.69. The van der Waals surface area contributed by atoms with Crippen LogP contribution in [0, 0.1) is 5.82 Å². The number of aliphatic hydroxyl groups is 4. The molecule has 5 atom stereocenters. The number of fused-ring (bicyclic) bond motifs is 1. The molecule has 2 heterocycles. The predicted octanol–water partition coefficient (Wildman–Crippen LogP) is 1.54. The third kappa shape index (κ3) is 3.92. The summed E-state index contributed by atoms with van der Waals surface area (Å²) in [5.41, 5.74) is 1.91. The molecule has 1 aromatic heterocycles. The lowest BCUT2D eigenvalue weighted by molar-refractivity contribution is -0.277. The van der Waals surface area contributed by atoms with Crippen LogP contribution in [0.1, 0.15) is 11.1 Å². The Labute approximate surface area is 171 Å². The van der Waals surface area contributed by atoms with E-state index in [1.807, 2.05) is 0 Å². The largest absolute Gasteiger partial charge is 0.464 e. The molecule has 8 heteroatoms. The third-order valence-corrected chi connectivity index (χ3v) is 5.35. The summed E-state index contributed by atoms with van der Waals surface area (Å²) in [6, 6.07) is 11.7. The molecule has 0 saturated carbocycles. The number of hydrogen-bond donors (Lipinski definition) is 4. The number of aryl methyl sites for hydroxylation is 2. The molecule has 0 bridgehead atoms. The molecular weight excluding hydrogens is 395 g/mol. The third-order valence-electron chi connectivity index (χ3n) is 5.35. The van der Waals surface area contributed by atoms with Crippen molar-refractivity contribution < 1.29 is 38.7 Å². The topological polar surface area (TPSA) is 113 Å². The minimum absolute atomic E-state index is 0.275. The van der Waals surface area contributed by atoms with E-state index >= 15 is 0 Å². The Kier molecular flexibility index (Phi) is 6.03. The van der Waals surface area contributed by atoms with E-state index in [9.17, 15) is 24.8 Å². The van der Waals surface area contributed by atoms with Gasteiger partial charge in [-0.05, 0) is 36.6 Å². The van der Waals surface area contributed by atoms with E-state index in [1.165, 1.54) is 6.07 Å². The average Bonchev–Trinajstić information content (AvgIpc) is 3.17. The van der Waals surface area contributed by atoms with Gasteiger partial charge in [0.05, 0.1) is 18.3 Å². The molecular formula is C22H23FO7. The second-order valence-corrected chi connectivity index (χ2v) is 7.30. The van der Waals surface area contributed by atoms with E-state index in [0.29, 0.717) is 35.1 Å². The lowest BCUT2D eigenvalue weighted by Crippen LogP contribution is -2.60. The molecule has 1 aliphatic rings. The summed E-state index contributed by atoms with van der Waals surface area (Å²) in [4.78, 5) is 0. The number of furan rings is 1. The van der Waals surface area contributed by atoms with Crippen molar-refractivity contribution in [2.75, 3.05) is 6.61 Å². The minimum atomic E-state index is -1.54. The number of benzene rings is 2. The van der Waals surface area contributed by atoms with E-state index in [2.05, 4.69) is 0 Å². The molecule has 0 spiro atoms. The number of halogens is 1. The lowest BCUT2D eigenvalue weighted by atomic mass is 9.99. The Bertz CT molecular complexity index is 1000. The van der Waals surface area contributed by atoms with Crippen molar-refractivity contribution in [2.24, 2.45) is 0 Å². The smallest absolute Gasteiger partial charge is 0.229 e. The zero-order valence-corrected chi connectivity index (χ0v) is 16.0. The summed E-state index contributed by atoms with van der Waals surface area (Å²) in [5, 5.41) is 40.2. The van der Waals surface area contributed by atoms with Crippen LogP contribution >= 0.6 is 0 Å². The molecule has 30 heavy (non-hydrogen) atoms. The average molecular weight is 418 g/mol. The lowest BCUT2D eigenvalue weighted by Gasteiger charge is -2.39. The van der Waals surface area contributed by atoms with Gasteiger partial charge in [0.25, 0.3) is 0 Å². The SMILES string of the molecule is OC[C@H]1O[C@@H](Oc2cccc3occ(CCc4ccccc4F)c23)[C@H](O)[C@@H](O)[C@@H]1O. The Morgan fingerprint density at radius 3 is 2.43 bits per heavy atom. The van der Waals surface area contributed by atoms with E-state index in [-0.39, 0.29) is 5.82 Å². The van der Waals surface area contributed by atoms with Crippen LogP contribution in [0.2, 0.25) is 0 Å². The molecule has 1 aliphatic heterocycles. The van der Waals surface area contributed by atoms with Gasteiger partial charge >= 0.3 is 0 Å². The van der Waals surface area contributed by atoms with Crippen molar-refractivity contribution in [3.05, 3.63) is 65.7 Å². The van der Waals surface area contributed by atoms with Crippen LogP contribution in [0.25, 0.3) is 11.0 Å². The fourth-order valence-corrected chi connectivity index (χ4v) is 3.66. The van der Waals surface area contributed by atoms with E-state index in [0.717, 1.165) is 5.56 Å². The first kappa shape index (κ1) is 20.8. The maximum absolute atomic E-state index is 13.9. The van der Waals surface area contributed by atoms with Crippen LogP contribution in [0.5, 0.6) is 5.75 Å². The fourth-order valence-electron chi connectivity index (χ4n) is 3.66. The highest BCUT2D eigenvalue weighted by atomic mass is 19.1. The highest BCUT2D eigenvalue weighted by Gasteiger charge is 2.44. The maximum Gasteiger partial charge on any atom is 0.229 e. The van der Waals surface area contributed by atoms with Crippen molar-refractivity contribution in [1.29, 1.82) is 0 Å². The summed E-state index contributed by atoms with van der Waals surface area (Å²) in [7, 11) is 0. The summed E-state index contributed by atoms with van der Waals surface area (Å²) in [5.74, 6) is 0.0669. The molecule has 4 N–H and O–H groups in total. The van der Waals surface area contributed by atoms with Crippen molar-refractivity contribution in [1.82, 2.24) is 0 Å². The number of hydrogen-bond acceptors (Lipinski definition) is 7. The normalized spacial score (nSPS) is 26.8. The van der Waals surface area contributed by atoms with E-state index in [4.69, 9.17) is 13.9 Å². The number of rotatable bonds is 6. The molecule has 2 aromatic carbocycles. The van der Waals surface area contributed by atoms with Gasteiger partial charge in [0.2, 0.25) is 6.29 Å². The fraction of sp³-hybridized carbons (Fsp3) is 0.364. The Balaban J connectivity index is 1.59. The molecule has 160 valence electrons.